The van der Waals surface area contributed by atoms with Crippen molar-refractivity contribution in [3.8, 4) is 5.75 Å². The van der Waals surface area contributed by atoms with Crippen molar-refractivity contribution in [2.24, 2.45) is 0 Å². The van der Waals surface area contributed by atoms with E-state index in [2.05, 4.69) is 0 Å². The molecule has 0 spiro atoms. The predicted octanol–water partition coefficient (Wildman–Crippen LogP) is 2.01. The quantitative estimate of drug-likeness (QED) is 0.623. The number of carbonyl (C=O) groups is 2. The molecule has 1 aromatic carbocycles. The molecule has 0 heterocycles. The lowest BCUT2D eigenvalue weighted by atomic mass is 10.1. The number of aldehydes is 1. The van der Waals surface area contributed by atoms with Crippen molar-refractivity contribution in [2.45, 2.75) is 0 Å². The van der Waals surface area contributed by atoms with Crippen LogP contribution in [0.25, 0.3) is 12.2 Å². The van der Waals surface area contributed by atoms with Gasteiger partial charge in [-0.2, -0.15) is 0 Å². The number of benzene rings is 1. The van der Waals surface area contributed by atoms with Crippen LogP contribution in [0.1, 0.15) is 11.1 Å². The summed E-state index contributed by atoms with van der Waals surface area (Å²) in [6, 6.07) is 5.22. The number of aliphatic carboxylic acids is 1. The molecular formula is C13H12O4. The highest BCUT2D eigenvalue weighted by atomic mass is 16.5. The number of hydrogen-bond acceptors (Lipinski definition) is 3. The summed E-state index contributed by atoms with van der Waals surface area (Å²) in [5, 5.41) is 8.56. The van der Waals surface area contributed by atoms with Gasteiger partial charge in [0.15, 0.2) is 0 Å². The van der Waals surface area contributed by atoms with Crippen molar-refractivity contribution in [3.63, 3.8) is 0 Å². The molecule has 0 aliphatic rings. The first kappa shape index (κ1) is 12.7. The monoisotopic (exact) mass is 232 g/mol. The molecule has 1 rings (SSSR count). The molecule has 0 bridgehead atoms. The van der Waals surface area contributed by atoms with Gasteiger partial charge in [-0.3, -0.25) is 4.79 Å². The normalized spacial score (nSPS) is 10.9. The van der Waals surface area contributed by atoms with E-state index in [1.807, 2.05) is 0 Å². The Bertz CT molecular complexity index is 472. The van der Waals surface area contributed by atoms with Crippen LogP contribution in [0.4, 0.5) is 0 Å². The molecule has 88 valence electrons. The maximum Gasteiger partial charge on any atom is 0.328 e. The molecular weight excluding hydrogens is 220 g/mol. The molecule has 0 fully saturated rings. The second-order valence-corrected chi connectivity index (χ2v) is 3.17. The van der Waals surface area contributed by atoms with Gasteiger partial charge >= 0.3 is 5.97 Å². The Morgan fingerprint density at radius 2 is 2.12 bits per heavy atom. The number of rotatable bonds is 5. The van der Waals surface area contributed by atoms with Gasteiger partial charge in [-0.05, 0) is 29.8 Å². The summed E-state index contributed by atoms with van der Waals surface area (Å²) < 4.78 is 5.10. The van der Waals surface area contributed by atoms with Crippen LogP contribution in [0.2, 0.25) is 0 Å². The van der Waals surface area contributed by atoms with Gasteiger partial charge in [-0.1, -0.05) is 12.1 Å². The number of hydrogen-bond donors (Lipinski definition) is 1. The zero-order chi connectivity index (χ0) is 12.7. The zero-order valence-electron chi connectivity index (χ0n) is 9.29. The predicted molar refractivity (Wildman–Crippen MR) is 64.8 cm³/mol. The SMILES string of the molecule is COc1ccc(C=CC=O)cc1/C=C/C(=O)O. The Morgan fingerprint density at radius 3 is 2.71 bits per heavy atom. The Balaban J connectivity index is 3.10. The molecule has 0 aliphatic carbocycles. The minimum atomic E-state index is -1.03. The lowest BCUT2D eigenvalue weighted by Gasteiger charge is -2.05. The largest absolute Gasteiger partial charge is 0.496 e. The summed E-state index contributed by atoms with van der Waals surface area (Å²) in [7, 11) is 1.51. The summed E-state index contributed by atoms with van der Waals surface area (Å²) in [6.45, 7) is 0. The highest BCUT2D eigenvalue weighted by Crippen LogP contribution is 2.21. The number of carboxylic acids is 1. The first-order valence-corrected chi connectivity index (χ1v) is 4.88. The van der Waals surface area contributed by atoms with Gasteiger partial charge in [0, 0.05) is 11.6 Å². The third-order valence-corrected chi connectivity index (χ3v) is 2.03. The van der Waals surface area contributed by atoms with Crippen LogP contribution in [0.5, 0.6) is 5.75 Å². The Labute approximate surface area is 98.8 Å². The Hall–Kier alpha value is -2.36. The van der Waals surface area contributed by atoms with E-state index in [0.29, 0.717) is 17.6 Å². The number of allylic oxidation sites excluding steroid dienone is 1. The van der Waals surface area contributed by atoms with Crippen molar-refractivity contribution in [3.05, 3.63) is 41.5 Å². The van der Waals surface area contributed by atoms with Gasteiger partial charge in [0.25, 0.3) is 0 Å². The molecule has 0 aliphatic heterocycles. The number of methoxy groups -OCH3 is 1. The molecule has 0 unspecified atom stereocenters. The lowest BCUT2D eigenvalue weighted by molar-refractivity contribution is -0.131. The molecule has 17 heavy (non-hydrogen) atoms. The van der Waals surface area contributed by atoms with E-state index in [1.165, 1.54) is 19.3 Å². The van der Waals surface area contributed by atoms with E-state index >= 15 is 0 Å². The van der Waals surface area contributed by atoms with Gasteiger partial charge in [-0.15, -0.1) is 0 Å². The summed E-state index contributed by atoms with van der Waals surface area (Å²) in [5.41, 5.74) is 1.44. The lowest BCUT2D eigenvalue weighted by Crippen LogP contribution is -1.90. The Morgan fingerprint density at radius 1 is 1.35 bits per heavy atom. The topological polar surface area (TPSA) is 63.6 Å². The average molecular weight is 232 g/mol. The van der Waals surface area contributed by atoms with Gasteiger partial charge in [0.2, 0.25) is 0 Å². The first-order valence-electron chi connectivity index (χ1n) is 4.88. The molecule has 1 N–H and O–H groups in total. The molecule has 0 atom stereocenters. The molecule has 4 heteroatoms. The van der Waals surface area contributed by atoms with Gasteiger partial charge in [0.05, 0.1) is 7.11 Å². The standard InChI is InChI=1S/C13H12O4/c1-17-12-6-4-10(3-2-8-14)9-11(12)5-7-13(15)16/h2-9H,1H3,(H,15,16)/b3-2?,7-5+. The van der Waals surface area contributed by atoms with Crippen LogP contribution in [0.15, 0.2) is 30.4 Å². The Kier molecular flexibility index (Phi) is 4.69. The second-order valence-electron chi connectivity index (χ2n) is 3.17. The van der Waals surface area contributed by atoms with E-state index in [1.54, 1.807) is 24.3 Å². The average Bonchev–Trinajstić information content (AvgIpc) is 2.33. The smallest absolute Gasteiger partial charge is 0.328 e. The van der Waals surface area contributed by atoms with E-state index in [9.17, 15) is 9.59 Å². The number of carbonyl (C=O) groups excluding carboxylic acids is 1. The van der Waals surface area contributed by atoms with Gasteiger partial charge in [-0.25, -0.2) is 4.79 Å². The fraction of sp³-hybridized carbons (Fsp3) is 0.0769. The molecule has 0 radical (unpaired) electrons. The molecule has 0 aromatic heterocycles. The van der Waals surface area contributed by atoms with Crippen molar-refractivity contribution >= 4 is 24.4 Å². The molecule has 0 amide bonds. The van der Waals surface area contributed by atoms with E-state index in [-0.39, 0.29) is 0 Å². The minimum absolute atomic E-state index is 0.575. The van der Waals surface area contributed by atoms with Crippen molar-refractivity contribution in [2.75, 3.05) is 7.11 Å². The van der Waals surface area contributed by atoms with Crippen molar-refractivity contribution in [1.29, 1.82) is 0 Å². The van der Waals surface area contributed by atoms with E-state index in [0.717, 1.165) is 11.6 Å². The van der Waals surface area contributed by atoms with Crippen LogP contribution >= 0.6 is 0 Å². The molecule has 0 saturated heterocycles. The van der Waals surface area contributed by atoms with Gasteiger partial charge in [0.1, 0.15) is 12.0 Å². The maximum absolute atomic E-state index is 10.4. The summed E-state index contributed by atoms with van der Waals surface area (Å²) in [6.07, 6.45) is 6.15. The van der Waals surface area contributed by atoms with E-state index in [4.69, 9.17) is 9.84 Å². The fourth-order valence-corrected chi connectivity index (χ4v) is 1.30. The van der Waals surface area contributed by atoms with Crippen molar-refractivity contribution in [1.82, 2.24) is 0 Å². The van der Waals surface area contributed by atoms with Gasteiger partial charge < -0.3 is 9.84 Å². The third-order valence-electron chi connectivity index (χ3n) is 2.03. The summed E-state index contributed by atoms with van der Waals surface area (Å²) in [5.74, 6) is -0.452. The second kappa shape index (κ2) is 6.27. The summed E-state index contributed by atoms with van der Waals surface area (Å²) >= 11 is 0. The highest BCUT2D eigenvalue weighted by Gasteiger charge is 2.00. The number of ether oxygens (including phenoxy) is 1. The maximum atomic E-state index is 10.4. The highest BCUT2D eigenvalue weighted by molar-refractivity contribution is 5.86. The minimum Gasteiger partial charge on any atom is -0.496 e. The van der Waals surface area contributed by atoms with Crippen LogP contribution in [-0.2, 0) is 9.59 Å². The van der Waals surface area contributed by atoms with Crippen LogP contribution in [-0.4, -0.2) is 24.5 Å². The van der Waals surface area contributed by atoms with E-state index < -0.39 is 5.97 Å². The fourth-order valence-electron chi connectivity index (χ4n) is 1.30. The molecule has 4 nitrogen and oxygen atoms in total. The van der Waals surface area contributed by atoms with Crippen molar-refractivity contribution < 1.29 is 19.4 Å². The first-order chi connectivity index (χ1) is 8.17. The number of carboxylic acid groups (broad SMARTS) is 1. The van der Waals surface area contributed by atoms with Crippen LogP contribution in [0, 0.1) is 0 Å². The zero-order valence-corrected chi connectivity index (χ0v) is 9.29. The van der Waals surface area contributed by atoms with Crippen LogP contribution in [0.3, 0.4) is 0 Å². The third kappa shape index (κ3) is 3.95. The molecule has 1 aromatic rings. The van der Waals surface area contributed by atoms with Crippen LogP contribution < -0.4 is 4.74 Å². The molecule has 0 saturated carbocycles. The summed E-state index contributed by atoms with van der Waals surface area (Å²) in [4.78, 5) is 20.6.